The van der Waals surface area contributed by atoms with E-state index in [4.69, 9.17) is 0 Å². The predicted molar refractivity (Wildman–Crippen MR) is 44.8 cm³/mol. The molecule has 1 aromatic heterocycles. The highest BCUT2D eigenvalue weighted by Crippen LogP contribution is 2.37. The van der Waals surface area contributed by atoms with Crippen molar-refractivity contribution in [1.82, 2.24) is 9.78 Å². The molecule has 78 valence electrons. The highest BCUT2D eigenvalue weighted by Gasteiger charge is 2.40. The minimum atomic E-state index is -4.31. The van der Waals surface area contributed by atoms with Crippen molar-refractivity contribution < 1.29 is 13.2 Å². The lowest BCUT2D eigenvalue weighted by atomic mass is 10.1. The van der Waals surface area contributed by atoms with Gasteiger partial charge in [0.05, 0.1) is 0 Å². The van der Waals surface area contributed by atoms with Crippen molar-refractivity contribution >= 4 is 0 Å². The van der Waals surface area contributed by atoms with Gasteiger partial charge in [-0.2, -0.15) is 18.3 Å². The van der Waals surface area contributed by atoms with E-state index in [9.17, 15) is 13.2 Å². The second-order valence-electron chi connectivity index (χ2n) is 3.91. The maximum Gasteiger partial charge on any atom is 0.435 e. The maximum atomic E-state index is 12.5. The summed E-state index contributed by atoms with van der Waals surface area (Å²) in [6.45, 7) is 1.96. The Labute approximate surface area is 79.7 Å². The second kappa shape index (κ2) is 2.74. The molecule has 1 aromatic rings. The van der Waals surface area contributed by atoms with E-state index in [0.29, 0.717) is 24.3 Å². The number of halogens is 3. The van der Waals surface area contributed by atoms with Crippen LogP contribution in [-0.4, -0.2) is 9.78 Å². The lowest BCUT2D eigenvalue weighted by Crippen LogP contribution is -2.10. The van der Waals surface area contributed by atoms with Crippen molar-refractivity contribution in [3.8, 4) is 0 Å². The molecular weight excluding hydrogens is 193 g/mol. The average Bonchev–Trinajstić information content (AvgIpc) is 2.49. The zero-order valence-electron chi connectivity index (χ0n) is 8.02. The van der Waals surface area contributed by atoms with Gasteiger partial charge in [0.2, 0.25) is 0 Å². The Balaban J connectivity index is 2.51. The second-order valence-corrected chi connectivity index (χ2v) is 3.91. The minimum absolute atomic E-state index is 0.301. The molecule has 0 bridgehead atoms. The van der Waals surface area contributed by atoms with Crippen LogP contribution >= 0.6 is 0 Å². The van der Waals surface area contributed by atoms with Crippen molar-refractivity contribution in [3.05, 3.63) is 17.0 Å². The number of hydrogen-bond donors (Lipinski definition) is 0. The van der Waals surface area contributed by atoms with E-state index >= 15 is 0 Å². The standard InChI is InChI=1S/C9H11F3N2/c1-5-3-6-7(4-5)14(2)13-8(6)9(10,11)12/h5H,3-4H2,1-2H3. The fourth-order valence-electron chi connectivity index (χ4n) is 2.05. The molecule has 0 saturated carbocycles. The predicted octanol–water partition coefficient (Wildman–Crippen LogP) is 2.17. The fraction of sp³-hybridized carbons (Fsp3) is 0.667. The Hall–Kier alpha value is -1.00. The van der Waals surface area contributed by atoms with E-state index in [1.54, 1.807) is 7.05 Å². The molecule has 0 aromatic carbocycles. The third kappa shape index (κ3) is 1.31. The lowest BCUT2D eigenvalue weighted by Gasteiger charge is -2.05. The summed E-state index contributed by atoms with van der Waals surface area (Å²) in [6.07, 6.45) is -3.11. The van der Waals surface area contributed by atoms with Gasteiger partial charge in [-0.25, -0.2) is 0 Å². The Morgan fingerprint density at radius 1 is 1.36 bits per heavy atom. The summed E-state index contributed by atoms with van der Waals surface area (Å²) < 4.78 is 38.9. The zero-order chi connectivity index (χ0) is 10.5. The molecule has 0 aliphatic heterocycles. The van der Waals surface area contributed by atoms with Crippen LogP contribution in [0.25, 0.3) is 0 Å². The number of alkyl halides is 3. The van der Waals surface area contributed by atoms with Crippen LogP contribution in [0.1, 0.15) is 23.9 Å². The van der Waals surface area contributed by atoms with Crippen molar-refractivity contribution in [2.75, 3.05) is 0 Å². The molecular formula is C9H11F3N2. The van der Waals surface area contributed by atoms with Gasteiger partial charge in [-0.1, -0.05) is 6.92 Å². The first-order valence-corrected chi connectivity index (χ1v) is 4.51. The number of aryl methyl sites for hydroxylation is 1. The molecule has 0 N–H and O–H groups in total. The molecule has 1 atom stereocenters. The Morgan fingerprint density at radius 2 is 2.00 bits per heavy atom. The van der Waals surface area contributed by atoms with Gasteiger partial charge in [-0.05, 0) is 18.8 Å². The maximum absolute atomic E-state index is 12.5. The molecule has 0 radical (unpaired) electrons. The highest BCUT2D eigenvalue weighted by molar-refractivity contribution is 5.33. The van der Waals surface area contributed by atoms with Crippen LogP contribution in [-0.2, 0) is 26.1 Å². The number of rotatable bonds is 0. The van der Waals surface area contributed by atoms with Crippen molar-refractivity contribution in [3.63, 3.8) is 0 Å². The molecule has 14 heavy (non-hydrogen) atoms. The van der Waals surface area contributed by atoms with Crippen LogP contribution in [0.4, 0.5) is 13.2 Å². The van der Waals surface area contributed by atoms with Gasteiger partial charge in [0.25, 0.3) is 0 Å². The normalized spacial score (nSPS) is 21.4. The molecule has 0 amide bonds. The third-order valence-electron chi connectivity index (χ3n) is 2.64. The SMILES string of the molecule is CC1Cc2c(C(F)(F)F)nn(C)c2C1. The van der Waals surface area contributed by atoms with Gasteiger partial charge in [0.15, 0.2) is 5.69 Å². The molecule has 1 aliphatic rings. The van der Waals surface area contributed by atoms with E-state index in [-0.39, 0.29) is 0 Å². The molecule has 1 heterocycles. The van der Waals surface area contributed by atoms with Gasteiger partial charge < -0.3 is 0 Å². The number of nitrogens with zero attached hydrogens (tertiary/aromatic N) is 2. The summed E-state index contributed by atoms with van der Waals surface area (Å²) in [5.74, 6) is 0.301. The van der Waals surface area contributed by atoms with Crippen molar-refractivity contribution in [2.24, 2.45) is 13.0 Å². The molecule has 5 heteroatoms. The average molecular weight is 204 g/mol. The summed E-state index contributed by atoms with van der Waals surface area (Å²) >= 11 is 0. The van der Waals surface area contributed by atoms with E-state index in [0.717, 1.165) is 5.69 Å². The van der Waals surface area contributed by atoms with E-state index in [2.05, 4.69) is 5.10 Å². The van der Waals surface area contributed by atoms with E-state index < -0.39 is 11.9 Å². The monoisotopic (exact) mass is 204 g/mol. The van der Waals surface area contributed by atoms with Gasteiger partial charge in [-0.15, -0.1) is 0 Å². The first kappa shape index (κ1) is 9.55. The van der Waals surface area contributed by atoms with Crippen molar-refractivity contribution in [2.45, 2.75) is 25.9 Å². The van der Waals surface area contributed by atoms with Gasteiger partial charge in [0.1, 0.15) is 0 Å². The fourth-order valence-corrected chi connectivity index (χ4v) is 2.05. The van der Waals surface area contributed by atoms with Crippen LogP contribution in [0.3, 0.4) is 0 Å². The molecule has 1 unspecified atom stereocenters. The first-order valence-electron chi connectivity index (χ1n) is 4.51. The molecule has 2 rings (SSSR count). The Morgan fingerprint density at radius 3 is 2.57 bits per heavy atom. The number of hydrogen-bond acceptors (Lipinski definition) is 1. The Kier molecular flexibility index (Phi) is 1.87. The van der Waals surface area contributed by atoms with Crippen LogP contribution in [0.5, 0.6) is 0 Å². The number of aromatic nitrogens is 2. The summed E-state index contributed by atoms with van der Waals surface area (Å²) in [6, 6.07) is 0. The quantitative estimate of drug-likeness (QED) is 0.633. The summed E-state index contributed by atoms with van der Waals surface area (Å²) in [5.41, 5.74) is 0.441. The van der Waals surface area contributed by atoms with Gasteiger partial charge >= 0.3 is 6.18 Å². The summed E-state index contributed by atoms with van der Waals surface area (Å²) in [5, 5.41) is 3.53. The first-order chi connectivity index (χ1) is 6.39. The summed E-state index contributed by atoms with van der Waals surface area (Å²) in [7, 11) is 1.58. The minimum Gasteiger partial charge on any atom is -0.272 e. The zero-order valence-corrected chi connectivity index (χ0v) is 8.02. The largest absolute Gasteiger partial charge is 0.435 e. The molecule has 2 nitrogen and oxygen atoms in total. The highest BCUT2D eigenvalue weighted by atomic mass is 19.4. The third-order valence-corrected chi connectivity index (χ3v) is 2.64. The van der Waals surface area contributed by atoms with Crippen LogP contribution in [0.15, 0.2) is 0 Å². The van der Waals surface area contributed by atoms with Crippen LogP contribution in [0, 0.1) is 5.92 Å². The van der Waals surface area contributed by atoms with E-state index in [1.807, 2.05) is 6.92 Å². The van der Waals surface area contributed by atoms with E-state index in [1.165, 1.54) is 4.68 Å². The molecule has 0 fully saturated rings. The van der Waals surface area contributed by atoms with Crippen molar-refractivity contribution in [1.29, 1.82) is 0 Å². The van der Waals surface area contributed by atoms with Gasteiger partial charge in [0, 0.05) is 18.3 Å². The number of fused-ring (bicyclic) bond motifs is 1. The van der Waals surface area contributed by atoms with Crippen LogP contribution in [0.2, 0.25) is 0 Å². The lowest BCUT2D eigenvalue weighted by molar-refractivity contribution is -0.142. The molecule has 1 aliphatic carbocycles. The van der Waals surface area contributed by atoms with Gasteiger partial charge in [-0.3, -0.25) is 4.68 Å². The van der Waals surface area contributed by atoms with Crippen LogP contribution < -0.4 is 0 Å². The smallest absolute Gasteiger partial charge is 0.272 e. The molecule has 0 spiro atoms. The summed E-state index contributed by atoms with van der Waals surface area (Å²) in [4.78, 5) is 0. The molecule has 0 saturated heterocycles. The topological polar surface area (TPSA) is 17.8 Å². The Bertz CT molecular complexity index is 365.